The van der Waals surface area contributed by atoms with Crippen molar-refractivity contribution >= 4 is 11.9 Å². The zero-order valence-corrected chi connectivity index (χ0v) is 43.7. The van der Waals surface area contributed by atoms with E-state index in [0.717, 1.165) is 64.2 Å². The van der Waals surface area contributed by atoms with Gasteiger partial charge >= 0.3 is 5.97 Å². The van der Waals surface area contributed by atoms with Gasteiger partial charge in [-0.3, -0.25) is 9.59 Å². The van der Waals surface area contributed by atoms with Crippen LogP contribution in [0.25, 0.3) is 0 Å². The van der Waals surface area contributed by atoms with E-state index in [2.05, 4.69) is 67.8 Å². The molecule has 0 heterocycles. The molecule has 0 aliphatic rings. The van der Waals surface area contributed by atoms with Crippen LogP contribution in [0.4, 0.5) is 0 Å². The molecule has 0 radical (unpaired) electrons. The maximum atomic E-state index is 12.4. The molecule has 0 spiro atoms. The van der Waals surface area contributed by atoms with E-state index in [1.54, 1.807) is 6.08 Å². The van der Waals surface area contributed by atoms with Gasteiger partial charge in [-0.2, -0.15) is 0 Å². The van der Waals surface area contributed by atoms with Crippen LogP contribution in [0.5, 0.6) is 0 Å². The van der Waals surface area contributed by atoms with Crippen LogP contribution >= 0.6 is 0 Å². The van der Waals surface area contributed by atoms with E-state index in [1.807, 2.05) is 6.08 Å². The van der Waals surface area contributed by atoms with Gasteiger partial charge in [-0.1, -0.05) is 235 Å². The smallest absolute Gasteiger partial charge is 0.305 e. The Labute approximate surface area is 409 Å². The summed E-state index contributed by atoms with van der Waals surface area (Å²) in [4.78, 5) is 24.4. The number of ether oxygens (including phenoxy) is 1. The van der Waals surface area contributed by atoms with Crippen molar-refractivity contribution in [1.29, 1.82) is 0 Å². The SMILES string of the molecule is CCCCC/C=C\C/C=C\CCCCCCCC(=O)OCCCCCCCCCCC/C=C\C/C=C\CCCCCCCCCCCC(=O)NC(CO)C(O)/C=C/CCCCCCCCC. The number of aliphatic hydroxyl groups is 2. The number of rotatable bonds is 52. The molecule has 0 saturated heterocycles. The number of amides is 1. The van der Waals surface area contributed by atoms with Crippen LogP contribution in [0.15, 0.2) is 60.8 Å². The van der Waals surface area contributed by atoms with Gasteiger partial charge in [0, 0.05) is 12.8 Å². The first-order valence-corrected chi connectivity index (χ1v) is 28.6. The monoisotopic (exact) mass is 924 g/mol. The van der Waals surface area contributed by atoms with Crippen LogP contribution in [0.1, 0.15) is 284 Å². The Hall–Kier alpha value is -2.44. The van der Waals surface area contributed by atoms with Crippen LogP contribution in [-0.2, 0) is 14.3 Å². The molecule has 0 saturated carbocycles. The molecule has 3 N–H and O–H groups in total. The van der Waals surface area contributed by atoms with Crippen molar-refractivity contribution in [3.8, 4) is 0 Å². The third-order valence-corrected chi connectivity index (χ3v) is 12.8. The summed E-state index contributed by atoms with van der Waals surface area (Å²) >= 11 is 0. The minimum Gasteiger partial charge on any atom is -0.466 e. The average Bonchev–Trinajstić information content (AvgIpc) is 3.32. The molecule has 0 fully saturated rings. The second-order valence-electron chi connectivity index (χ2n) is 19.3. The minimum absolute atomic E-state index is 0.00654. The summed E-state index contributed by atoms with van der Waals surface area (Å²) in [6.07, 6.45) is 71.1. The van der Waals surface area contributed by atoms with Crippen LogP contribution < -0.4 is 5.32 Å². The summed E-state index contributed by atoms with van der Waals surface area (Å²) in [5, 5.41) is 22.9. The van der Waals surface area contributed by atoms with Gasteiger partial charge in [0.15, 0.2) is 0 Å². The summed E-state index contributed by atoms with van der Waals surface area (Å²) in [5.74, 6) is -0.0847. The van der Waals surface area contributed by atoms with Gasteiger partial charge in [0.25, 0.3) is 0 Å². The molecule has 384 valence electrons. The molecule has 1 amide bonds. The molecular weight excluding hydrogens is 815 g/mol. The first kappa shape index (κ1) is 63.6. The van der Waals surface area contributed by atoms with Crippen LogP contribution in [0.3, 0.4) is 0 Å². The maximum Gasteiger partial charge on any atom is 0.305 e. The molecule has 0 rings (SSSR count). The van der Waals surface area contributed by atoms with Crippen LogP contribution in [0, 0.1) is 0 Å². The Morgan fingerprint density at radius 3 is 1.18 bits per heavy atom. The van der Waals surface area contributed by atoms with Gasteiger partial charge in [0.1, 0.15) is 0 Å². The highest BCUT2D eigenvalue weighted by molar-refractivity contribution is 5.76. The van der Waals surface area contributed by atoms with E-state index in [-0.39, 0.29) is 18.5 Å². The van der Waals surface area contributed by atoms with Gasteiger partial charge in [-0.15, -0.1) is 0 Å². The lowest BCUT2D eigenvalue weighted by Gasteiger charge is -2.20. The second-order valence-corrected chi connectivity index (χ2v) is 19.3. The Morgan fingerprint density at radius 2 is 0.758 bits per heavy atom. The summed E-state index contributed by atoms with van der Waals surface area (Å²) < 4.78 is 5.47. The topological polar surface area (TPSA) is 95.9 Å². The van der Waals surface area contributed by atoms with Crippen molar-refractivity contribution in [2.24, 2.45) is 0 Å². The lowest BCUT2D eigenvalue weighted by Crippen LogP contribution is -2.45. The Balaban J connectivity index is 3.44. The third kappa shape index (κ3) is 51.0. The van der Waals surface area contributed by atoms with Crippen molar-refractivity contribution < 1.29 is 24.5 Å². The van der Waals surface area contributed by atoms with Gasteiger partial charge < -0.3 is 20.3 Å². The molecule has 6 nitrogen and oxygen atoms in total. The fourth-order valence-corrected chi connectivity index (χ4v) is 8.34. The van der Waals surface area contributed by atoms with Gasteiger partial charge in [-0.25, -0.2) is 0 Å². The number of esters is 1. The normalized spacial score (nSPS) is 13.1. The zero-order valence-electron chi connectivity index (χ0n) is 43.7. The molecule has 6 heteroatoms. The highest BCUT2D eigenvalue weighted by atomic mass is 16.5. The van der Waals surface area contributed by atoms with Crippen molar-refractivity contribution in [2.45, 2.75) is 296 Å². The Kier molecular flexibility index (Phi) is 53.1. The second kappa shape index (κ2) is 55.2. The molecule has 0 aliphatic heterocycles. The first-order valence-electron chi connectivity index (χ1n) is 28.6. The first-order chi connectivity index (χ1) is 32.5. The molecule has 66 heavy (non-hydrogen) atoms. The molecule has 0 aromatic rings. The zero-order chi connectivity index (χ0) is 47.9. The van der Waals surface area contributed by atoms with Crippen LogP contribution in [0.2, 0.25) is 0 Å². The molecule has 0 aliphatic carbocycles. The van der Waals surface area contributed by atoms with E-state index in [9.17, 15) is 19.8 Å². The van der Waals surface area contributed by atoms with Gasteiger partial charge in [-0.05, 0) is 96.3 Å². The van der Waals surface area contributed by atoms with Gasteiger partial charge in [0.05, 0.1) is 25.4 Å². The summed E-state index contributed by atoms with van der Waals surface area (Å²) in [6.45, 7) is 4.83. The number of carbonyl (C=O) groups is 2. The molecule has 2 atom stereocenters. The summed E-state index contributed by atoms with van der Waals surface area (Å²) in [5.41, 5.74) is 0. The predicted octanol–water partition coefficient (Wildman–Crippen LogP) is 17.6. The fourth-order valence-electron chi connectivity index (χ4n) is 8.34. The van der Waals surface area contributed by atoms with Crippen molar-refractivity contribution in [3.63, 3.8) is 0 Å². The minimum atomic E-state index is -0.847. The van der Waals surface area contributed by atoms with Crippen molar-refractivity contribution in [2.75, 3.05) is 13.2 Å². The lowest BCUT2D eigenvalue weighted by atomic mass is 10.0. The summed E-state index contributed by atoms with van der Waals surface area (Å²) in [6, 6.07) is -0.631. The highest BCUT2D eigenvalue weighted by Crippen LogP contribution is 2.15. The van der Waals surface area contributed by atoms with E-state index >= 15 is 0 Å². The summed E-state index contributed by atoms with van der Waals surface area (Å²) in [7, 11) is 0. The molecular formula is C60H109NO5. The molecule has 0 aromatic carbocycles. The Morgan fingerprint density at radius 1 is 0.424 bits per heavy atom. The van der Waals surface area contributed by atoms with E-state index in [4.69, 9.17) is 4.74 Å². The largest absolute Gasteiger partial charge is 0.466 e. The number of allylic oxidation sites excluding steroid dienone is 9. The highest BCUT2D eigenvalue weighted by Gasteiger charge is 2.18. The van der Waals surface area contributed by atoms with E-state index in [1.165, 1.54) is 193 Å². The molecule has 0 bridgehead atoms. The number of nitrogens with one attached hydrogen (secondary N) is 1. The van der Waals surface area contributed by atoms with Crippen molar-refractivity contribution in [1.82, 2.24) is 5.32 Å². The quantitative estimate of drug-likeness (QED) is 0.0321. The maximum absolute atomic E-state index is 12.4. The Bertz CT molecular complexity index is 1160. The number of unbranched alkanes of at least 4 members (excludes halogenated alkanes) is 33. The fraction of sp³-hybridized carbons (Fsp3) is 0.800. The standard InChI is InChI=1S/C60H109NO5/c1-3-5-7-9-11-13-14-15-27-31-34-38-42-46-50-54-60(65)66-55-51-47-43-39-35-32-29-26-24-22-20-18-16-17-19-21-23-25-28-30-33-37-41-45-49-53-59(64)61-57(56-62)58(63)52-48-44-40-36-12-10-8-6-4-2/h11,13,15,17-20,27,48,52,57-58,62-63H,3-10,12,14,16,21-26,28-47,49-51,53-56H2,1-2H3,(H,61,64)/b13-11-,19-17-,20-18-,27-15-,52-48+. The number of hydrogen-bond donors (Lipinski definition) is 3. The number of carbonyl (C=O) groups excluding carboxylic acids is 2. The van der Waals surface area contributed by atoms with E-state index in [0.29, 0.717) is 19.4 Å². The lowest BCUT2D eigenvalue weighted by molar-refractivity contribution is -0.143. The van der Waals surface area contributed by atoms with Gasteiger partial charge in [0.2, 0.25) is 5.91 Å². The third-order valence-electron chi connectivity index (χ3n) is 12.8. The van der Waals surface area contributed by atoms with E-state index < -0.39 is 12.1 Å². The van der Waals surface area contributed by atoms with Crippen molar-refractivity contribution in [3.05, 3.63) is 60.8 Å². The van der Waals surface area contributed by atoms with Crippen LogP contribution in [-0.4, -0.2) is 47.4 Å². The average molecular weight is 925 g/mol. The number of hydrogen-bond acceptors (Lipinski definition) is 5. The number of aliphatic hydroxyl groups excluding tert-OH is 2. The molecule has 2 unspecified atom stereocenters. The molecule has 0 aromatic heterocycles. The predicted molar refractivity (Wildman–Crippen MR) is 287 cm³/mol.